The number of anilines is 1. The number of hydrogen-bond acceptors (Lipinski definition) is 4. The summed E-state index contributed by atoms with van der Waals surface area (Å²) in [6.45, 7) is -2.82. The van der Waals surface area contributed by atoms with Crippen LogP contribution in [-0.4, -0.2) is 36.3 Å². The van der Waals surface area contributed by atoms with Crippen LogP contribution in [0.4, 0.5) is 32.4 Å². The normalized spacial score (nSPS) is 15.6. The topological polar surface area (TPSA) is 63.2 Å². The fourth-order valence-electron chi connectivity index (χ4n) is 3.58. The number of hydrogen-bond donors (Lipinski definition) is 1. The van der Waals surface area contributed by atoms with Gasteiger partial charge in [0, 0.05) is 16.6 Å². The van der Waals surface area contributed by atoms with Crippen LogP contribution in [0.25, 0.3) is 0 Å². The molecule has 188 valence electrons. The summed E-state index contributed by atoms with van der Waals surface area (Å²) in [5, 5.41) is 8.71. The van der Waals surface area contributed by atoms with Gasteiger partial charge in [-0.05, 0) is 71.8 Å². The molecule has 0 aliphatic carbocycles. The smallest absolute Gasteiger partial charge is 0.435 e. The van der Waals surface area contributed by atoms with E-state index < -0.39 is 24.8 Å². The van der Waals surface area contributed by atoms with Crippen LogP contribution < -0.4 is 14.8 Å². The lowest BCUT2D eigenvalue weighted by Gasteiger charge is -2.16. The standard InChI is InChI=1S/C24H17ClF5N3O3/c25-16-5-1-14(2-6-16)20-13-33(32-21(20)15-3-9-18(10-4-15)35-22(26)27)23(34)31-17-7-11-19(12-8-17)36-24(28,29)30/h1-12,20,22H,13H2,(H,31,34). The third-order valence-electron chi connectivity index (χ3n) is 5.14. The monoisotopic (exact) mass is 525 g/mol. The number of benzene rings is 3. The van der Waals surface area contributed by atoms with Gasteiger partial charge in [-0.1, -0.05) is 23.7 Å². The van der Waals surface area contributed by atoms with E-state index in [0.717, 1.165) is 17.7 Å². The van der Waals surface area contributed by atoms with Crippen molar-refractivity contribution in [3.8, 4) is 11.5 Å². The van der Waals surface area contributed by atoms with E-state index in [2.05, 4.69) is 19.9 Å². The first kappa shape index (κ1) is 25.2. The number of amides is 2. The molecule has 0 bridgehead atoms. The van der Waals surface area contributed by atoms with E-state index in [9.17, 15) is 26.7 Å². The predicted molar refractivity (Wildman–Crippen MR) is 123 cm³/mol. The van der Waals surface area contributed by atoms with Crippen molar-refractivity contribution in [2.45, 2.75) is 18.9 Å². The Hall–Kier alpha value is -3.86. The number of halogens is 6. The Labute approximate surface area is 206 Å². The maximum Gasteiger partial charge on any atom is 0.573 e. The van der Waals surface area contributed by atoms with E-state index in [1.165, 1.54) is 29.3 Å². The van der Waals surface area contributed by atoms with Crippen molar-refractivity contribution in [2.75, 3.05) is 11.9 Å². The average Bonchev–Trinajstić information content (AvgIpc) is 3.26. The molecule has 0 radical (unpaired) electrons. The minimum absolute atomic E-state index is 0.0251. The number of rotatable bonds is 6. The summed E-state index contributed by atoms with van der Waals surface area (Å²) in [6.07, 6.45) is -4.83. The molecule has 6 nitrogen and oxygen atoms in total. The van der Waals surface area contributed by atoms with Gasteiger partial charge in [0.25, 0.3) is 0 Å². The number of nitrogens with zero attached hydrogens (tertiary/aromatic N) is 2. The maximum atomic E-state index is 12.9. The number of ether oxygens (including phenoxy) is 2. The Bertz CT molecular complexity index is 1230. The first-order valence-corrected chi connectivity index (χ1v) is 10.8. The predicted octanol–water partition coefficient (Wildman–Crippen LogP) is 6.88. The Morgan fingerprint density at radius 3 is 2.17 bits per heavy atom. The fourth-order valence-corrected chi connectivity index (χ4v) is 3.71. The molecule has 0 aromatic heterocycles. The Morgan fingerprint density at radius 1 is 0.972 bits per heavy atom. The third-order valence-corrected chi connectivity index (χ3v) is 5.39. The fraction of sp³-hybridized carbons (Fsp3) is 0.167. The zero-order chi connectivity index (χ0) is 25.9. The summed E-state index contributed by atoms with van der Waals surface area (Å²) in [7, 11) is 0. The molecule has 1 aliphatic rings. The minimum atomic E-state index is -4.83. The molecule has 3 aromatic carbocycles. The highest BCUT2D eigenvalue weighted by molar-refractivity contribution is 6.30. The lowest BCUT2D eigenvalue weighted by molar-refractivity contribution is -0.274. The number of nitrogens with one attached hydrogen (secondary N) is 1. The van der Waals surface area contributed by atoms with Crippen LogP contribution in [0.5, 0.6) is 11.5 Å². The van der Waals surface area contributed by atoms with Crippen molar-refractivity contribution in [3.63, 3.8) is 0 Å². The molecule has 3 aromatic rings. The van der Waals surface area contributed by atoms with Gasteiger partial charge in [0.2, 0.25) is 0 Å². The quantitative estimate of drug-likeness (QED) is 0.357. The van der Waals surface area contributed by atoms with Gasteiger partial charge >= 0.3 is 19.0 Å². The molecule has 12 heteroatoms. The van der Waals surface area contributed by atoms with Crippen LogP contribution in [0, 0.1) is 0 Å². The van der Waals surface area contributed by atoms with Gasteiger partial charge in [0.1, 0.15) is 11.5 Å². The Kier molecular flexibility index (Phi) is 7.30. The lowest BCUT2D eigenvalue weighted by Crippen LogP contribution is -2.30. The van der Waals surface area contributed by atoms with Crippen LogP contribution in [0.1, 0.15) is 17.0 Å². The second kappa shape index (κ2) is 10.4. The summed E-state index contributed by atoms with van der Waals surface area (Å²) in [5.74, 6) is -0.815. The summed E-state index contributed by atoms with van der Waals surface area (Å²) < 4.78 is 70.2. The SMILES string of the molecule is O=C(Nc1ccc(OC(F)(F)F)cc1)N1CC(c2ccc(Cl)cc2)C(c2ccc(OC(F)F)cc2)=N1. The van der Waals surface area contributed by atoms with Crippen LogP contribution >= 0.6 is 11.6 Å². The van der Waals surface area contributed by atoms with Crippen molar-refractivity contribution in [2.24, 2.45) is 5.10 Å². The van der Waals surface area contributed by atoms with E-state index in [-0.39, 0.29) is 23.9 Å². The zero-order valence-electron chi connectivity index (χ0n) is 18.2. The van der Waals surface area contributed by atoms with Gasteiger partial charge in [-0.25, -0.2) is 9.80 Å². The highest BCUT2D eigenvalue weighted by Crippen LogP contribution is 2.31. The van der Waals surface area contributed by atoms with Crippen molar-refractivity contribution in [3.05, 3.63) is 88.9 Å². The first-order chi connectivity index (χ1) is 17.1. The molecule has 36 heavy (non-hydrogen) atoms. The molecule has 1 aliphatic heterocycles. The second-order valence-electron chi connectivity index (χ2n) is 7.58. The molecule has 0 saturated carbocycles. The maximum absolute atomic E-state index is 12.9. The molecule has 1 unspecified atom stereocenters. The average molecular weight is 526 g/mol. The molecule has 0 fully saturated rings. The molecule has 1 heterocycles. The van der Waals surface area contributed by atoms with Crippen molar-refractivity contribution in [1.82, 2.24) is 5.01 Å². The first-order valence-electron chi connectivity index (χ1n) is 10.4. The number of alkyl halides is 5. The molecule has 1 atom stereocenters. The van der Waals surface area contributed by atoms with E-state index in [4.69, 9.17) is 11.6 Å². The van der Waals surface area contributed by atoms with Crippen LogP contribution in [0.3, 0.4) is 0 Å². The summed E-state index contributed by atoms with van der Waals surface area (Å²) in [6, 6.07) is 16.9. The van der Waals surface area contributed by atoms with Gasteiger partial charge < -0.3 is 14.8 Å². The summed E-state index contributed by atoms with van der Waals surface area (Å²) in [4.78, 5) is 12.9. The zero-order valence-corrected chi connectivity index (χ0v) is 18.9. The molecular formula is C24H17ClF5N3O3. The van der Waals surface area contributed by atoms with Gasteiger partial charge in [-0.3, -0.25) is 0 Å². The number of hydrazone groups is 1. The lowest BCUT2D eigenvalue weighted by atomic mass is 9.90. The molecule has 1 N–H and O–H groups in total. The van der Waals surface area contributed by atoms with Gasteiger partial charge in [0.05, 0.1) is 12.3 Å². The highest BCUT2D eigenvalue weighted by atomic mass is 35.5. The summed E-state index contributed by atoms with van der Waals surface area (Å²) in [5.41, 5.74) is 2.13. The Morgan fingerprint density at radius 2 is 1.58 bits per heavy atom. The highest BCUT2D eigenvalue weighted by Gasteiger charge is 2.33. The molecule has 0 spiro atoms. The van der Waals surface area contributed by atoms with E-state index in [1.54, 1.807) is 36.4 Å². The van der Waals surface area contributed by atoms with Crippen molar-refractivity contribution < 1.29 is 36.2 Å². The number of urea groups is 1. The Balaban J connectivity index is 1.55. The van der Waals surface area contributed by atoms with Crippen molar-refractivity contribution in [1.29, 1.82) is 0 Å². The largest absolute Gasteiger partial charge is 0.573 e. The van der Waals surface area contributed by atoms with E-state index in [1.807, 2.05) is 0 Å². The van der Waals surface area contributed by atoms with Gasteiger partial charge in [0.15, 0.2) is 0 Å². The number of carbonyl (C=O) groups is 1. The molecule has 2 amide bonds. The van der Waals surface area contributed by atoms with Crippen LogP contribution in [0.15, 0.2) is 77.9 Å². The van der Waals surface area contributed by atoms with Crippen LogP contribution in [-0.2, 0) is 0 Å². The van der Waals surface area contributed by atoms with E-state index >= 15 is 0 Å². The van der Waals surface area contributed by atoms with Crippen LogP contribution in [0.2, 0.25) is 5.02 Å². The van der Waals surface area contributed by atoms with Gasteiger partial charge in [-0.2, -0.15) is 13.9 Å². The third kappa shape index (κ3) is 6.42. The molecule has 0 saturated heterocycles. The second-order valence-corrected chi connectivity index (χ2v) is 8.01. The van der Waals surface area contributed by atoms with Crippen molar-refractivity contribution >= 4 is 29.0 Å². The van der Waals surface area contributed by atoms with Gasteiger partial charge in [-0.15, -0.1) is 13.2 Å². The summed E-state index contributed by atoms with van der Waals surface area (Å²) >= 11 is 6.00. The number of carbonyl (C=O) groups excluding carboxylic acids is 1. The minimum Gasteiger partial charge on any atom is -0.435 e. The van der Waals surface area contributed by atoms with E-state index in [0.29, 0.717) is 16.3 Å². The molecular weight excluding hydrogens is 509 g/mol. The molecule has 4 rings (SSSR count).